The molecule has 0 amide bonds. The maximum absolute atomic E-state index is 13.5. The Hall–Kier alpha value is -0.220. The maximum Gasteiger partial charge on any atom is 0.249 e. The fourth-order valence-electron chi connectivity index (χ4n) is 3.54. The zero-order valence-electron chi connectivity index (χ0n) is 12.5. The lowest BCUT2D eigenvalue weighted by atomic mass is 9.89. The van der Waals surface area contributed by atoms with Gasteiger partial charge in [-0.3, -0.25) is 0 Å². The van der Waals surface area contributed by atoms with Gasteiger partial charge in [0.15, 0.2) is 0 Å². The molecule has 2 rings (SSSR count). The Kier molecular flexibility index (Phi) is 4.83. The second-order valence-electron chi connectivity index (χ2n) is 6.63. The lowest BCUT2D eigenvalue weighted by molar-refractivity contribution is -0.0686. The third kappa shape index (κ3) is 3.88. The first-order valence-corrected chi connectivity index (χ1v) is 7.73. The van der Waals surface area contributed by atoms with Gasteiger partial charge in [-0.2, -0.15) is 0 Å². The van der Waals surface area contributed by atoms with E-state index in [9.17, 15) is 8.78 Å². The van der Waals surface area contributed by atoms with E-state index < -0.39 is 5.92 Å². The molecule has 1 heterocycles. The van der Waals surface area contributed by atoms with Crippen molar-refractivity contribution in [3.05, 3.63) is 0 Å². The van der Waals surface area contributed by atoms with E-state index in [1.54, 1.807) is 0 Å². The highest BCUT2D eigenvalue weighted by Gasteiger charge is 2.39. The molecule has 2 aliphatic rings. The van der Waals surface area contributed by atoms with E-state index in [1.165, 1.54) is 0 Å². The summed E-state index contributed by atoms with van der Waals surface area (Å²) in [4.78, 5) is 4.74. The van der Waals surface area contributed by atoms with Gasteiger partial charge < -0.3 is 9.80 Å². The Morgan fingerprint density at radius 1 is 1.16 bits per heavy atom. The van der Waals surface area contributed by atoms with Crippen molar-refractivity contribution >= 4 is 0 Å². The largest absolute Gasteiger partial charge is 0.301 e. The van der Waals surface area contributed by atoms with E-state index in [-0.39, 0.29) is 18.9 Å². The van der Waals surface area contributed by atoms with Crippen LogP contribution in [-0.2, 0) is 0 Å². The van der Waals surface area contributed by atoms with Gasteiger partial charge in [0.2, 0.25) is 5.92 Å². The molecule has 1 aliphatic carbocycles. The van der Waals surface area contributed by atoms with E-state index in [0.29, 0.717) is 18.5 Å². The van der Waals surface area contributed by atoms with Gasteiger partial charge in [-0.1, -0.05) is 0 Å². The number of hydrogen-bond acceptors (Lipinski definition) is 2. The highest BCUT2D eigenvalue weighted by molar-refractivity contribution is 4.88. The van der Waals surface area contributed by atoms with Gasteiger partial charge >= 0.3 is 0 Å². The minimum atomic E-state index is -2.42. The van der Waals surface area contributed by atoms with E-state index in [4.69, 9.17) is 0 Å². The van der Waals surface area contributed by atoms with Gasteiger partial charge in [0.1, 0.15) is 0 Å². The first-order valence-electron chi connectivity index (χ1n) is 7.73. The van der Waals surface area contributed by atoms with Crippen LogP contribution in [0.15, 0.2) is 0 Å². The van der Waals surface area contributed by atoms with Gasteiger partial charge in [0, 0.05) is 31.0 Å². The molecule has 1 saturated heterocycles. The number of nitrogens with zero attached hydrogens (tertiary/aromatic N) is 2. The number of hydrogen-bond donors (Lipinski definition) is 0. The standard InChI is InChI=1S/C15H28F2N2/c1-12(2)18(3)13-6-9-19(10-7-13)14-5-4-8-15(16,17)11-14/h12-14H,4-11H2,1-3H3. The number of likely N-dealkylation sites (tertiary alicyclic amines) is 1. The summed E-state index contributed by atoms with van der Waals surface area (Å²) in [6.07, 6.45) is 4.06. The second-order valence-corrected chi connectivity index (χ2v) is 6.63. The van der Waals surface area contributed by atoms with E-state index in [2.05, 4.69) is 30.7 Å². The molecule has 2 nitrogen and oxygen atoms in total. The molecule has 0 radical (unpaired) electrons. The monoisotopic (exact) mass is 274 g/mol. The summed E-state index contributed by atoms with van der Waals surface area (Å²) in [5.41, 5.74) is 0. The first-order chi connectivity index (χ1) is 8.89. The van der Waals surface area contributed by atoms with Crippen molar-refractivity contribution in [2.24, 2.45) is 0 Å². The highest BCUT2D eigenvalue weighted by atomic mass is 19.3. The zero-order chi connectivity index (χ0) is 14.0. The summed E-state index contributed by atoms with van der Waals surface area (Å²) in [5.74, 6) is -2.42. The lowest BCUT2D eigenvalue weighted by Crippen LogP contribution is -2.50. The molecule has 0 aromatic heterocycles. The molecule has 1 aliphatic heterocycles. The minimum Gasteiger partial charge on any atom is -0.301 e. The molecule has 112 valence electrons. The second kappa shape index (κ2) is 6.04. The summed E-state index contributed by atoms with van der Waals surface area (Å²) < 4.78 is 27.0. The molecule has 1 unspecified atom stereocenters. The molecule has 2 fully saturated rings. The lowest BCUT2D eigenvalue weighted by Gasteiger charge is -2.43. The van der Waals surface area contributed by atoms with Crippen LogP contribution in [-0.4, -0.2) is 54.0 Å². The van der Waals surface area contributed by atoms with E-state index in [0.717, 1.165) is 32.4 Å². The SMILES string of the molecule is CC(C)N(C)C1CCN(C2CCCC(F)(F)C2)CC1. The smallest absolute Gasteiger partial charge is 0.249 e. The molecule has 0 aromatic carbocycles. The van der Waals surface area contributed by atoms with E-state index in [1.807, 2.05) is 0 Å². The Morgan fingerprint density at radius 2 is 1.79 bits per heavy atom. The summed E-state index contributed by atoms with van der Waals surface area (Å²) >= 11 is 0. The number of rotatable bonds is 3. The van der Waals surface area contributed by atoms with Crippen LogP contribution in [0, 0.1) is 0 Å². The third-order valence-corrected chi connectivity index (χ3v) is 5.02. The van der Waals surface area contributed by atoms with E-state index >= 15 is 0 Å². The van der Waals surface area contributed by atoms with Crippen molar-refractivity contribution in [2.45, 2.75) is 76.4 Å². The Labute approximate surface area is 116 Å². The van der Waals surface area contributed by atoms with Crippen molar-refractivity contribution in [3.8, 4) is 0 Å². The van der Waals surface area contributed by atoms with Crippen LogP contribution >= 0.6 is 0 Å². The van der Waals surface area contributed by atoms with Gasteiger partial charge in [-0.25, -0.2) is 8.78 Å². The van der Waals surface area contributed by atoms with Gasteiger partial charge in [0.05, 0.1) is 0 Å². The van der Waals surface area contributed by atoms with Crippen LogP contribution in [0.1, 0.15) is 52.4 Å². The number of piperidine rings is 1. The van der Waals surface area contributed by atoms with Gasteiger partial charge in [0.25, 0.3) is 0 Å². The molecular weight excluding hydrogens is 246 g/mol. The molecule has 0 spiro atoms. The molecule has 1 atom stereocenters. The maximum atomic E-state index is 13.5. The minimum absolute atomic E-state index is 0.0810. The first kappa shape index (κ1) is 15.2. The molecule has 19 heavy (non-hydrogen) atoms. The van der Waals surface area contributed by atoms with Crippen molar-refractivity contribution in [2.75, 3.05) is 20.1 Å². The van der Waals surface area contributed by atoms with Gasteiger partial charge in [-0.05, 0) is 59.7 Å². The molecule has 4 heteroatoms. The normalized spacial score (nSPS) is 30.2. The molecule has 1 saturated carbocycles. The summed E-state index contributed by atoms with van der Waals surface area (Å²) in [7, 11) is 2.18. The van der Waals surface area contributed by atoms with Crippen LogP contribution < -0.4 is 0 Å². The predicted molar refractivity (Wildman–Crippen MR) is 74.7 cm³/mol. The summed E-state index contributed by atoms with van der Waals surface area (Å²) in [6.45, 7) is 6.41. The topological polar surface area (TPSA) is 6.48 Å². The van der Waals surface area contributed by atoms with Crippen LogP contribution in [0.4, 0.5) is 8.78 Å². The van der Waals surface area contributed by atoms with Crippen molar-refractivity contribution in [1.82, 2.24) is 9.80 Å². The number of alkyl halides is 2. The van der Waals surface area contributed by atoms with Gasteiger partial charge in [-0.15, -0.1) is 0 Å². The Balaban J connectivity index is 1.83. The van der Waals surface area contributed by atoms with Crippen LogP contribution in [0.25, 0.3) is 0 Å². The zero-order valence-corrected chi connectivity index (χ0v) is 12.5. The van der Waals surface area contributed by atoms with Crippen molar-refractivity contribution in [1.29, 1.82) is 0 Å². The molecular formula is C15H28F2N2. The van der Waals surface area contributed by atoms with Crippen molar-refractivity contribution < 1.29 is 8.78 Å². The third-order valence-electron chi connectivity index (χ3n) is 5.02. The molecule has 0 bridgehead atoms. The Morgan fingerprint density at radius 3 is 2.32 bits per heavy atom. The highest BCUT2D eigenvalue weighted by Crippen LogP contribution is 2.36. The van der Waals surface area contributed by atoms with Crippen LogP contribution in [0.2, 0.25) is 0 Å². The number of halogens is 2. The van der Waals surface area contributed by atoms with Crippen LogP contribution in [0.5, 0.6) is 0 Å². The molecule has 0 aromatic rings. The molecule has 0 N–H and O–H groups in total. The summed E-state index contributed by atoms with van der Waals surface area (Å²) in [5, 5.41) is 0. The average Bonchev–Trinajstić information content (AvgIpc) is 2.37. The quantitative estimate of drug-likeness (QED) is 0.778. The summed E-state index contributed by atoms with van der Waals surface area (Å²) in [6, 6.07) is 1.31. The predicted octanol–water partition coefficient (Wildman–Crippen LogP) is 3.37. The average molecular weight is 274 g/mol. The Bertz CT molecular complexity index is 286. The fourth-order valence-corrected chi connectivity index (χ4v) is 3.54. The fraction of sp³-hybridized carbons (Fsp3) is 1.00. The van der Waals surface area contributed by atoms with Crippen molar-refractivity contribution in [3.63, 3.8) is 0 Å². The van der Waals surface area contributed by atoms with Crippen LogP contribution in [0.3, 0.4) is 0 Å².